The number of hydrogen-bond donors (Lipinski definition) is 2. The molecule has 1 aromatic rings. The van der Waals surface area contributed by atoms with E-state index in [1.54, 1.807) is 20.8 Å². The van der Waals surface area contributed by atoms with Crippen LogP contribution in [-0.4, -0.2) is 42.4 Å². The van der Waals surface area contributed by atoms with Gasteiger partial charge in [-0.15, -0.1) is 0 Å². The van der Waals surface area contributed by atoms with Gasteiger partial charge in [0.15, 0.2) is 0 Å². The van der Waals surface area contributed by atoms with Crippen molar-refractivity contribution in [2.75, 3.05) is 13.2 Å². The van der Waals surface area contributed by atoms with Crippen LogP contribution in [-0.2, 0) is 20.7 Å². The SMILES string of the molecule is CC(C)(C)OC(=O)N[C@@H](Cc1ccccc1)C(=O)NC1(C#N)CCOCC1. The summed E-state index contributed by atoms with van der Waals surface area (Å²) in [6.45, 7) is 6.09. The number of hydrogen-bond acceptors (Lipinski definition) is 5. The molecule has 1 atom stereocenters. The molecule has 1 aliphatic rings. The molecule has 1 aliphatic heterocycles. The molecule has 0 aliphatic carbocycles. The normalized spacial score (nSPS) is 17.3. The van der Waals surface area contributed by atoms with Crippen LogP contribution in [0.4, 0.5) is 4.79 Å². The molecule has 27 heavy (non-hydrogen) atoms. The first-order valence-corrected chi connectivity index (χ1v) is 9.07. The van der Waals surface area contributed by atoms with Gasteiger partial charge >= 0.3 is 6.09 Å². The van der Waals surface area contributed by atoms with Gasteiger partial charge in [-0.25, -0.2) is 4.79 Å². The molecule has 7 heteroatoms. The summed E-state index contributed by atoms with van der Waals surface area (Å²) in [6.07, 6.45) is 0.459. The summed E-state index contributed by atoms with van der Waals surface area (Å²) in [5, 5.41) is 15.0. The number of benzene rings is 1. The second-order valence-corrected chi connectivity index (χ2v) is 7.68. The summed E-state index contributed by atoms with van der Waals surface area (Å²) in [5.74, 6) is -0.409. The van der Waals surface area contributed by atoms with Gasteiger partial charge in [-0.1, -0.05) is 30.3 Å². The van der Waals surface area contributed by atoms with E-state index in [0.717, 1.165) is 5.56 Å². The zero-order chi connectivity index (χ0) is 19.9. The van der Waals surface area contributed by atoms with Gasteiger partial charge in [0.2, 0.25) is 5.91 Å². The van der Waals surface area contributed by atoms with E-state index in [9.17, 15) is 14.9 Å². The van der Waals surface area contributed by atoms with E-state index in [0.29, 0.717) is 32.5 Å². The van der Waals surface area contributed by atoms with Gasteiger partial charge < -0.3 is 20.1 Å². The predicted octanol–water partition coefficient (Wildman–Crippen LogP) is 2.31. The van der Waals surface area contributed by atoms with E-state index in [-0.39, 0.29) is 0 Å². The highest BCUT2D eigenvalue weighted by Crippen LogP contribution is 2.20. The molecule has 2 amide bonds. The van der Waals surface area contributed by atoms with Gasteiger partial charge in [0.1, 0.15) is 17.2 Å². The van der Waals surface area contributed by atoms with Crippen molar-refractivity contribution < 1.29 is 19.1 Å². The van der Waals surface area contributed by atoms with Crippen LogP contribution >= 0.6 is 0 Å². The largest absolute Gasteiger partial charge is 0.444 e. The van der Waals surface area contributed by atoms with Gasteiger partial charge in [-0.2, -0.15) is 5.26 Å². The Labute approximate surface area is 160 Å². The maximum atomic E-state index is 12.9. The van der Waals surface area contributed by atoms with Gasteiger partial charge in [0, 0.05) is 32.5 Å². The number of rotatable bonds is 5. The van der Waals surface area contributed by atoms with Crippen molar-refractivity contribution in [2.45, 2.75) is 57.2 Å². The number of nitrogens with one attached hydrogen (secondary N) is 2. The van der Waals surface area contributed by atoms with Crippen molar-refractivity contribution in [1.29, 1.82) is 5.26 Å². The average molecular weight is 373 g/mol. The fourth-order valence-corrected chi connectivity index (χ4v) is 2.82. The molecule has 1 heterocycles. The van der Waals surface area contributed by atoms with Crippen molar-refractivity contribution in [3.8, 4) is 6.07 Å². The Balaban J connectivity index is 2.13. The average Bonchev–Trinajstić information content (AvgIpc) is 2.61. The molecule has 146 valence electrons. The van der Waals surface area contributed by atoms with Gasteiger partial charge in [-0.3, -0.25) is 4.79 Å². The van der Waals surface area contributed by atoms with Crippen LogP contribution in [0.2, 0.25) is 0 Å². The Bertz CT molecular complexity index is 685. The molecule has 0 spiro atoms. The minimum atomic E-state index is -0.972. The first kappa shape index (κ1) is 20.7. The third-order valence-corrected chi connectivity index (χ3v) is 4.21. The highest BCUT2D eigenvalue weighted by atomic mass is 16.6. The number of nitriles is 1. The van der Waals surface area contributed by atoms with Crippen molar-refractivity contribution in [1.82, 2.24) is 10.6 Å². The van der Waals surface area contributed by atoms with Crippen LogP contribution in [0.5, 0.6) is 0 Å². The lowest BCUT2D eigenvalue weighted by Crippen LogP contribution is -2.57. The number of alkyl carbamates (subject to hydrolysis) is 1. The standard InChI is InChI=1S/C20H27N3O4/c1-19(2,3)27-18(25)22-16(13-15-7-5-4-6-8-15)17(24)23-20(14-21)9-11-26-12-10-20/h4-8,16H,9-13H2,1-3H3,(H,22,25)(H,23,24)/t16-/m0/s1. The summed E-state index contributed by atoms with van der Waals surface area (Å²) in [5.41, 5.74) is -0.751. The van der Waals surface area contributed by atoms with Crippen molar-refractivity contribution in [3.63, 3.8) is 0 Å². The van der Waals surface area contributed by atoms with Crippen LogP contribution in [0, 0.1) is 11.3 Å². The lowest BCUT2D eigenvalue weighted by molar-refractivity contribution is -0.125. The molecule has 7 nitrogen and oxygen atoms in total. The molecule has 2 N–H and O–H groups in total. The van der Waals surface area contributed by atoms with Gasteiger partial charge in [0.05, 0.1) is 6.07 Å². The number of carbonyl (C=O) groups is 2. The molecular weight excluding hydrogens is 346 g/mol. The van der Waals surface area contributed by atoms with Crippen molar-refractivity contribution in [2.24, 2.45) is 0 Å². The Morgan fingerprint density at radius 3 is 2.44 bits per heavy atom. The zero-order valence-electron chi connectivity index (χ0n) is 16.1. The maximum absolute atomic E-state index is 12.9. The first-order chi connectivity index (χ1) is 12.7. The molecule has 0 unspecified atom stereocenters. The van der Waals surface area contributed by atoms with E-state index in [1.165, 1.54) is 0 Å². The second kappa shape index (κ2) is 8.87. The lowest BCUT2D eigenvalue weighted by atomic mass is 9.91. The molecule has 1 aromatic carbocycles. The minimum Gasteiger partial charge on any atom is -0.444 e. The molecule has 0 aromatic heterocycles. The minimum absolute atomic E-state index is 0.296. The zero-order valence-corrected chi connectivity index (χ0v) is 16.1. The monoisotopic (exact) mass is 373 g/mol. The first-order valence-electron chi connectivity index (χ1n) is 9.07. The highest BCUT2D eigenvalue weighted by molar-refractivity contribution is 5.86. The van der Waals surface area contributed by atoms with Crippen molar-refractivity contribution in [3.05, 3.63) is 35.9 Å². The summed E-state index contributed by atoms with van der Waals surface area (Å²) >= 11 is 0. The maximum Gasteiger partial charge on any atom is 0.408 e. The molecular formula is C20H27N3O4. The molecule has 1 saturated heterocycles. The third kappa shape index (κ3) is 6.57. The van der Waals surface area contributed by atoms with Crippen LogP contribution < -0.4 is 10.6 Å². The molecule has 0 bridgehead atoms. The van der Waals surface area contributed by atoms with Crippen molar-refractivity contribution >= 4 is 12.0 Å². The fourth-order valence-electron chi connectivity index (χ4n) is 2.82. The van der Waals surface area contributed by atoms with E-state index >= 15 is 0 Å². The third-order valence-electron chi connectivity index (χ3n) is 4.21. The van der Waals surface area contributed by atoms with E-state index in [2.05, 4.69) is 16.7 Å². The number of amides is 2. The lowest BCUT2D eigenvalue weighted by Gasteiger charge is -2.33. The summed E-state index contributed by atoms with van der Waals surface area (Å²) in [6, 6.07) is 10.7. The second-order valence-electron chi connectivity index (χ2n) is 7.68. The van der Waals surface area contributed by atoms with E-state index in [1.807, 2.05) is 30.3 Å². The number of nitrogens with zero attached hydrogens (tertiary/aromatic N) is 1. The number of carbonyl (C=O) groups excluding carboxylic acids is 2. The quantitative estimate of drug-likeness (QED) is 0.825. The number of ether oxygens (including phenoxy) is 2. The Hall–Kier alpha value is -2.59. The van der Waals surface area contributed by atoms with Gasteiger partial charge in [-0.05, 0) is 26.3 Å². The van der Waals surface area contributed by atoms with Gasteiger partial charge in [0.25, 0.3) is 0 Å². The summed E-state index contributed by atoms with van der Waals surface area (Å²) in [4.78, 5) is 25.1. The molecule has 0 radical (unpaired) electrons. The highest BCUT2D eigenvalue weighted by Gasteiger charge is 2.36. The molecule has 1 fully saturated rings. The van der Waals surface area contributed by atoms with Crippen LogP contribution in [0.1, 0.15) is 39.2 Å². The molecule has 0 saturated carbocycles. The van der Waals surface area contributed by atoms with E-state index < -0.39 is 29.2 Å². The van der Waals surface area contributed by atoms with Crippen LogP contribution in [0.15, 0.2) is 30.3 Å². The Morgan fingerprint density at radius 1 is 1.26 bits per heavy atom. The Morgan fingerprint density at radius 2 is 1.89 bits per heavy atom. The predicted molar refractivity (Wildman–Crippen MR) is 99.8 cm³/mol. The summed E-state index contributed by atoms with van der Waals surface area (Å²) < 4.78 is 10.6. The molecule has 2 rings (SSSR count). The topological polar surface area (TPSA) is 100 Å². The van der Waals surface area contributed by atoms with E-state index in [4.69, 9.17) is 9.47 Å². The Kier molecular flexibility index (Phi) is 6.81. The van der Waals surface area contributed by atoms with Crippen LogP contribution in [0.3, 0.4) is 0 Å². The fraction of sp³-hybridized carbons (Fsp3) is 0.550. The van der Waals surface area contributed by atoms with Crippen LogP contribution in [0.25, 0.3) is 0 Å². The summed E-state index contributed by atoms with van der Waals surface area (Å²) in [7, 11) is 0. The smallest absolute Gasteiger partial charge is 0.408 e.